The van der Waals surface area contributed by atoms with Gasteiger partial charge in [-0.05, 0) is 31.2 Å². The highest BCUT2D eigenvalue weighted by molar-refractivity contribution is 6.06. The van der Waals surface area contributed by atoms with Crippen LogP contribution in [0.1, 0.15) is 33.4 Å². The Bertz CT molecular complexity index is 743. The van der Waals surface area contributed by atoms with Gasteiger partial charge in [0.25, 0.3) is 11.8 Å². The molecule has 0 radical (unpaired) electrons. The molecule has 25 heavy (non-hydrogen) atoms. The van der Waals surface area contributed by atoms with Crippen LogP contribution in [0.3, 0.4) is 0 Å². The van der Waals surface area contributed by atoms with Gasteiger partial charge in [-0.1, -0.05) is 0 Å². The zero-order valence-electron chi connectivity index (χ0n) is 14.4. The van der Waals surface area contributed by atoms with Gasteiger partial charge in [0, 0.05) is 19.7 Å². The van der Waals surface area contributed by atoms with Gasteiger partial charge in [-0.15, -0.1) is 12.4 Å². The van der Waals surface area contributed by atoms with E-state index in [1.807, 2.05) is 6.92 Å². The Labute approximate surface area is 152 Å². The molecular formula is C17H22ClN3O4. The number of nitrogens with two attached hydrogens (primary N) is 1. The van der Waals surface area contributed by atoms with E-state index in [0.717, 1.165) is 0 Å². The molecule has 1 aromatic carbocycles. The van der Waals surface area contributed by atoms with Crippen LogP contribution >= 0.6 is 12.4 Å². The number of carbonyl (C=O) groups excluding carboxylic acids is 2. The molecule has 8 heteroatoms. The number of carbonyl (C=O) groups is 2. The number of rotatable bonds is 6. The minimum atomic E-state index is -0.367. The SMILES string of the molecule is CCOc1ccc(C(=O)N(C)C)cc1NC(=O)c1coc(CN)c1.Cl. The van der Waals surface area contributed by atoms with Gasteiger partial charge >= 0.3 is 0 Å². The normalized spacial score (nSPS) is 9.92. The van der Waals surface area contributed by atoms with Crippen molar-refractivity contribution in [2.45, 2.75) is 13.5 Å². The summed E-state index contributed by atoms with van der Waals surface area (Å²) in [5, 5.41) is 2.75. The standard InChI is InChI=1S/C17H21N3O4.ClH/c1-4-23-15-6-5-11(17(22)20(2)3)8-14(15)19-16(21)12-7-13(9-18)24-10-12;/h5-8,10H,4,9,18H2,1-3H3,(H,19,21);1H. The van der Waals surface area contributed by atoms with Crippen LogP contribution in [-0.4, -0.2) is 37.4 Å². The molecule has 136 valence electrons. The molecule has 3 N–H and O–H groups in total. The second-order valence-corrected chi connectivity index (χ2v) is 5.30. The topological polar surface area (TPSA) is 97.8 Å². The number of nitrogens with one attached hydrogen (secondary N) is 1. The van der Waals surface area contributed by atoms with E-state index in [2.05, 4.69) is 5.32 Å². The molecular weight excluding hydrogens is 346 g/mol. The van der Waals surface area contributed by atoms with Crippen molar-refractivity contribution >= 4 is 29.9 Å². The predicted molar refractivity (Wildman–Crippen MR) is 97.4 cm³/mol. The molecule has 0 atom stereocenters. The number of ether oxygens (including phenoxy) is 1. The maximum absolute atomic E-state index is 12.4. The van der Waals surface area contributed by atoms with Gasteiger partial charge in [0.2, 0.25) is 0 Å². The van der Waals surface area contributed by atoms with Crippen molar-refractivity contribution in [3.63, 3.8) is 0 Å². The molecule has 0 spiro atoms. The number of furan rings is 1. The summed E-state index contributed by atoms with van der Waals surface area (Å²) in [6.07, 6.45) is 1.34. The monoisotopic (exact) mass is 367 g/mol. The second-order valence-electron chi connectivity index (χ2n) is 5.30. The summed E-state index contributed by atoms with van der Waals surface area (Å²) in [6.45, 7) is 2.49. The number of hydrogen-bond donors (Lipinski definition) is 2. The lowest BCUT2D eigenvalue weighted by atomic mass is 10.1. The molecule has 1 aromatic heterocycles. The first-order valence-electron chi connectivity index (χ1n) is 7.53. The fourth-order valence-electron chi connectivity index (χ4n) is 2.10. The molecule has 0 saturated heterocycles. The van der Waals surface area contributed by atoms with Crippen LogP contribution in [0.5, 0.6) is 5.75 Å². The first kappa shape index (κ1) is 20.5. The summed E-state index contributed by atoms with van der Waals surface area (Å²) >= 11 is 0. The molecule has 0 fully saturated rings. The fourth-order valence-corrected chi connectivity index (χ4v) is 2.10. The Morgan fingerprint density at radius 1 is 1.24 bits per heavy atom. The van der Waals surface area contributed by atoms with E-state index in [9.17, 15) is 9.59 Å². The number of anilines is 1. The highest BCUT2D eigenvalue weighted by Crippen LogP contribution is 2.27. The van der Waals surface area contributed by atoms with Gasteiger partial charge in [0.1, 0.15) is 17.8 Å². The predicted octanol–water partition coefficient (Wildman–Crippen LogP) is 2.51. The number of hydrogen-bond acceptors (Lipinski definition) is 5. The van der Waals surface area contributed by atoms with Gasteiger partial charge in [-0.2, -0.15) is 0 Å². The van der Waals surface area contributed by atoms with Gasteiger partial charge in [0.05, 0.1) is 24.4 Å². The molecule has 7 nitrogen and oxygen atoms in total. The van der Waals surface area contributed by atoms with E-state index in [4.69, 9.17) is 14.9 Å². The van der Waals surface area contributed by atoms with Crippen LogP contribution in [0.25, 0.3) is 0 Å². The third kappa shape index (κ3) is 4.98. The largest absolute Gasteiger partial charge is 0.492 e. The molecule has 2 rings (SSSR count). The lowest BCUT2D eigenvalue weighted by Gasteiger charge is -2.15. The highest BCUT2D eigenvalue weighted by atomic mass is 35.5. The molecule has 2 aromatic rings. The van der Waals surface area contributed by atoms with E-state index < -0.39 is 0 Å². The summed E-state index contributed by atoms with van der Waals surface area (Å²) in [5.41, 5.74) is 6.70. The lowest BCUT2D eigenvalue weighted by Crippen LogP contribution is -2.22. The maximum Gasteiger partial charge on any atom is 0.259 e. The zero-order valence-corrected chi connectivity index (χ0v) is 15.2. The first-order valence-corrected chi connectivity index (χ1v) is 7.53. The third-order valence-electron chi connectivity index (χ3n) is 3.30. The average Bonchev–Trinajstić information content (AvgIpc) is 3.05. The van der Waals surface area contributed by atoms with E-state index in [1.165, 1.54) is 11.2 Å². The van der Waals surface area contributed by atoms with Crippen molar-refractivity contribution in [1.82, 2.24) is 4.90 Å². The van der Waals surface area contributed by atoms with Gasteiger partial charge in [0.15, 0.2) is 0 Å². The minimum Gasteiger partial charge on any atom is -0.492 e. The van der Waals surface area contributed by atoms with E-state index in [1.54, 1.807) is 38.4 Å². The van der Waals surface area contributed by atoms with Crippen molar-refractivity contribution in [3.8, 4) is 5.75 Å². The smallest absolute Gasteiger partial charge is 0.259 e. The molecule has 0 aliphatic rings. The summed E-state index contributed by atoms with van der Waals surface area (Å²) in [5.74, 6) is 0.474. The van der Waals surface area contributed by atoms with Crippen molar-refractivity contribution in [2.24, 2.45) is 5.73 Å². The average molecular weight is 368 g/mol. The van der Waals surface area contributed by atoms with Crippen LogP contribution in [0.2, 0.25) is 0 Å². The molecule has 0 unspecified atom stereocenters. The van der Waals surface area contributed by atoms with Crippen molar-refractivity contribution < 1.29 is 18.7 Å². The molecule has 0 aliphatic heterocycles. The summed E-state index contributed by atoms with van der Waals surface area (Å²) in [6, 6.07) is 6.49. The molecule has 0 bridgehead atoms. The highest BCUT2D eigenvalue weighted by Gasteiger charge is 2.16. The Balaban J connectivity index is 0.00000312. The van der Waals surface area contributed by atoms with Crippen molar-refractivity contribution in [2.75, 3.05) is 26.0 Å². The van der Waals surface area contributed by atoms with E-state index >= 15 is 0 Å². The Morgan fingerprint density at radius 3 is 2.52 bits per heavy atom. The molecule has 2 amide bonds. The van der Waals surface area contributed by atoms with Crippen LogP contribution in [-0.2, 0) is 6.54 Å². The quantitative estimate of drug-likeness (QED) is 0.817. The number of nitrogens with zero attached hydrogens (tertiary/aromatic N) is 1. The first-order chi connectivity index (χ1) is 11.5. The van der Waals surface area contributed by atoms with Crippen molar-refractivity contribution in [1.29, 1.82) is 0 Å². The minimum absolute atomic E-state index is 0. The van der Waals surface area contributed by atoms with Crippen LogP contribution in [0.4, 0.5) is 5.69 Å². The van der Waals surface area contributed by atoms with Gasteiger partial charge in [-0.25, -0.2) is 0 Å². The Morgan fingerprint density at radius 2 is 1.96 bits per heavy atom. The van der Waals surface area contributed by atoms with Crippen LogP contribution < -0.4 is 15.8 Å². The summed E-state index contributed by atoms with van der Waals surface area (Å²) in [4.78, 5) is 25.9. The van der Waals surface area contributed by atoms with Crippen molar-refractivity contribution in [3.05, 3.63) is 47.4 Å². The molecule has 1 heterocycles. The summed E-state index contributed by atoms with van der Waals surface area (Å²) in [7, 11) is 3.33. The van der Waals surface area contributed by atoms with E-state index in [-0.39, 0.29) is 30.8 Å². The number of benzene rings is 1. The fraction of sp³-hybridized carbons (Fsp3) is 0.294. The van der Waals surface area contributed by atoms with Crippen LogP contribution in [0.15, 0.2) is 34.9 Å². The second kappa shape index (κ2) is 9.10. The number of amides is 2. The lowest BCUT2D eigenvalue weighted by molar-refractivity contribution is 0.0827. The zero-order chi connectivity index (χ0) is 17.7. The number of halogens is 1. The molecule has 0 saturated carbocycles. The maximum atomic E-state index is 12.4. The summed E-state index contributed by atoms with van der Waals surface area (Å²) < 4.78 is 10.7. The van der Waals surface area contributed by atoms with Gasteiger partial charge in [-0.3, -0.25) is 9.59 Å². The van der Waals surface area contributed by atoms with Crippen LogP contribution in [0, 0.1) is 0 Å². The third-order valence-corrected chi connectivity index (χ3v) is 3.30. The van der Waals surface area contributed by atoms with Gasteiger partial charge < -0.3 is 25.1 Å². The molecule has 0 aliphatic carbocycles. The Hall–Kier alpha value is -2.51. The Kier molecular flexibility index (Phi) is 7.47. The van der Waals surface area contributed by atoms with E-state index in [0.29, 0.717) is 34.9 Å².